The van der Waals surface area contributed by atoms with Gasteiger partial charge in [0.25, 0.3) is 0 Å². The minimum absolute atomic E-state index is 0.0559. The van der Waals surface area contributed by atoms with Crippen molar-refractivity contribution in [2.24, 2.45) is 5.92 Å². The molecule has 0 radical (unpaired) electrons. The fourth-order valence-corrected chi connectivity index (χ4v) is 8.17. The van der Waals surface area contributed by atoms with Gasteiger partial charge in [-0.05, 0) is 91.8 Å². The number of hydrogen-bond acceptors (Lipinski definition) is 8. The highest BCUT2D eigenvalue weighted by Crippen LogP contribution is 2.48. The van der Waals surface area contributed by atoms with Crippen LogP contribution >= 0.6 is 11.8 Å². The lowest BCUT2D eigenvalue weighted by Gasteiger charge is -2.42. The number of anilines is 2. The molecule has 1 unspecified atom stereocenters. The Hall–Kier alpha value is -4.72. The molecule has 0 spiro atoms. The quantitative estimate of drug-likeness (QED) is 0.0969. The van der Waals surface area contributed by atoms with Gasteiger partial charge in [0, 0.05) is 49.9 Å². The predicted molar refractivity (Wildman–Crippen MR) is 202 cm³/mol. The van der Waals surface area contributed by atoms with Gasteiger partial charge in [-0.3, -0.25) is 0 Å². The van der Waals surface area contributed by atoms with Gasteiger partial charge in [-0.2, -0.15) is 13.2 Å². The second kappa shape index (κ2) is 15.9. The molecule has 2 aliphatic rings. The number of thioether (sulfide) groups is 1. The highest BCUT2D eigenvalue weighted by atomic mass is 32.2. The first-order chi connectivity index (χ1) is 25.7. The van der Waals surface area contributed by atoms with Gasteiger partial charge in [-0.15, -0.1) is 0 Å². The summed E-state index contributed by atoms with van der Waals surface area (Å²) < 4.78 is 73.4. The van der Waals surface area contributed by atoms with Gasteiger partial charge >= 0.3 is 12.3 Å². The monoisotopic (exact) mass is 767 g/mol. The van der Waals surface area contributed by atoms with E-state index in [2.05, 4.69) is 4.90 Å². The molecule has 1 amide bonds. The number of carbonyl (C=O) groups is 1. The van der Waals surface area contributed by atoms with Crippen molar-refractivity contribution in [2.75, 3.05) is 49.9 Å². The first-order valence-corrected chi connectivity index (χ1v) is 19.0. The third-order valence-corrected chi connectivity index (χ3v) is 11.1. The van der Waals surface area contributed by atoms with Crippen molar-refractivity contribution in [2.45, 2.75) is 70.0 Å². The van der Waals surface area contributed by atoms with E-state index < -0.39 is 35.5 Å². The Labute approximate surface area is 317 Å². The van der Waals surface area contributed by atoms with E-state index in [1.165, 1.54) is 29.7 Å². The van der Waals surface area contributed by atoms with Crippen LogP contribution in [0.15, 0.2) is 59.8 Å². The number of hydrogen-bond donors (Lipinski definition) is 1. The standard InChI is InChI=1S/C40H45F4N5O4S/c1-23-17-31-32(45-38(54-6)46-37(31)49-16-15-47(39(50)51)20-25(49)3)19-30(23)34-35(40(42,43)44)24(2)18-33(36(34)41)48(21-26-7-11-28(52-4)12-8-26)22-27-9-13-29(53-5)14-10-27/h7-14,18,23,25,30H,15-17,19-22H2,1-6H3,(H,50,51)/t23-,25?,30-/m1/s1. The molecule has 3 aromatic carbocycles. The Morgan fingerprint density at radius 1 is 0.963 bits per heavy atom. The maximum Gasteiger partial charge on any atom is 0.417 e. The van der Waals surface area contributed by atoms with Crippen LogP contribution < -0.4 is 19.3 Å². The second-order valence-electron chi connectivity index (χ2n) is 14.1. The molecule has 9 nitrogen and oxygen atoms in total. The lowest BCUT2D eigenvalue weighted by atomic mass is 9.73. The third kappa shape index (κ3) is 8.03. The molecule has 2 heterocycles. The molecule has 3 atom stereocenters. The summed E-state index contributed by atoms with van der Waals surface area (Å²) >= 11 is 1.32. The van der Waals surface area contributed by atoms with Crippen LogP contribution in [0.1, 0.15) is 58.8 Å². The molecule has 6 rings (SSSR count). The number of benzene rings is 3. The van der Waals surface area contributed by atoms with Crippen molar-refractivity contribution >= 4 is 29.4 Å². The van der Waals surface area contributed by atoms with Gasteiger partial charge in [0.05, 0.1) is 31.2 Å². The predicted octanol–water partition coefficient (Wildman–Crippen LogP) is 8.60. The number of aryl methyl sites for hydroxylation is 1. The summed E-state index contributed by atoms with van der Waals surface area (Å²) in [5.74, 6) is -0.168. The van der Waals surface area contributed by atoms with Crippen LogP contribution in [0.25, 0.3) is 0 Å². The molecular weight excluding hydrogens is 723 g/mol. The van der Waals surface area contributed by atoms with Gasteiger partial charge < -0.3 is 29.3 Å². The largest absolute Gasteiger partial charge is 0.497 e. The van der Waals surface area contributed by atoms with Crippen LogP contribution in [-0.4, -0.2) is 72.2 Å². The van der Waals surface area contributed by atoms with E-state index in [-0.39, 0.29) is 48.9 Å². The number of ether oxygens (including phenoxy) is 2. The van der Waals surface area contributed by atoms with Crippen molar-refractivity contribution in [3.8, 4) is 11.5 Å². The summed E-state index contributed by atoms with van der Waals surface area (Å²) in [7, 11) is 3.13. The summed E-state index contributed by atoms with van der Waals surface area (Å²) in [5, 5.41) is 10.0. The molecule has 288 valence electrons. The minimum Gasteiger partial charge on any atom is -0.497 e. The molecule has 1 aromatic heterocycles. The van der Waals surface area contributed by atoms with Gasteiger partial charge in [0.2, 0.25) is 0 Å². The van der Waals surface area contributed by atoms with Crippen molar-refractivity contribution in [3.05, 3.63) is 99.5 Å². The highest BCUT2D eigenvalue weighted by Gasteiger charge is 2.44. The number of rotatable bonds is 10. The van der Waals surface area contributed by atoms with E-state index in [0.29, 0.717) is 47.7 Å². The van der Waals surface area contributed by atoms with Crippen molar-refractivity contribution in [3.63, 3.8) is 0 Å². The molecule has 1 N–H and O–H groups in total. The van der Waals surface area contributed by atoms with Crippen LogP contribution in [-0.2, 0) is 32.1 Å². The molecule has 0 saturated carbocycles. The third-order valence-electron chi connectivity index (χ3n) is 10.6. The zero-order valence-electron chi connectivity index (χ0n) is 31.2. The topological polar surface area (TPSA) is 91.3 Å². The summed E-state index contributed by atoms with van der Waals surface area (Å²) in [6, 6.07) is 15.8. The van der Waals surface area contributed by atoms with Gasteiger partial charge in [0.1, 0.15) is 17.3 Å². The number of aromatic nitrogens is 2. The van der Waals surface area contributed by atoms with E-state index in [0.717, 1.165) is 16.7 Å². The SMILES string of the molecule is COc1ccc(CN(Cc2ccc(OC)cc2)c2cc(C)c(C(F)(F)F)c([C@@H]3Cc4nc(SC)nc(N5CCN(C(=O)O)CC5C)c4C[C@H]3C)c2F)cc1. The average molecular weight is 768 g/mol. The van der Waals surface area contributed by atoms with Gasteiger partial charge in [0.15, 0.2) is 11.0 Å². The summed E-state index contributed by atoms with van der Waals surface area (Å²) in [5.41, 5.74) is 1.79. The molecule has 0 bridgehead atoms. The summed E-state index contributed by atoms with van der Waals surface area (Å²) in [6.45, 7) is 6.63. The van der Waals surface area contributed by atoms with E-state index in [9.17, 15) is 9.90 Å². The van der Waals surface area contributed by atoms with Crippen LogP contribution in [0.5, 0.6) is 11.5 Å². The van der Waals surface area contributed by atoms with Crippen LogP contribution in [0.3, 0.4) is 0 Å². The van der Waals surface area contributed by atoms with Crippen LogP contribution in [0.4, 0.5) is 33.9 Å². The first-order valence-electron chi connectivity index (χ1n) is 17.8. The molecule has 54 heavy (non-hydrogen) atoms. The molecule has 1 aliphatic heterocycles. The number of piperazine rings is 1. The molecule has 4 aromatic rings. The fourth-order valence-electron chi connectivity index (χ4n) is 7.79. The molecule has 1 saturated heterocycles. The number of alkyl halides is 3. The zero-order valence-corrected chi connectivity index (χ0v) is 32.0. The summed E-state index contributed by atoms with van der Waals surface area (Å²) in [4.78, 5) is 26.5. The smallest absolute Gasteiger partial charge is 0.417 e. The van der Waals surface area contributed by atoms with E-state index in [1.807, 2.05) is 44.4 Å². The average Bonchev–Trinajstić information content (AvgIpc) is 3.14. The van der Waals surface area contributed by atoms with Crippen LogP contribution in [0.2, 0.25) is 0 Å². The number of halogens is 4. The number of nitrogens with zero attached hydrogens (tertiary/aromatic N) is 5. The van der Waals surface area contributed by atoms with Crippen molar-refractivity contribution in [1.82, 2.24) is 14.9 Å². The lowest BCUT2D eigenvalue weighted by molar-refractivity contribution is -0.139. The van der Waals surface area contributed by atoms with Crippen molar-refractivity contribution in [1.29, 1.82) is 0 Å². The van der Waals surface area contributed by atoms with E-state index in [1.54, 1.807) is 43.4 Å². The number of carboxylic acid groups (broad SMARTS) is 1. The Balaban J connectivity index is 1.45. The maximum atomic E-state index is 17.5. The fraction of sp³-hybridized carbons (Fsp3) is 0.425. The molecule has 1 fully saturated rings. The minimum atomic E-state index is -4.81. The van der Waals surface area contributed by atoms with Gasteiger partial charge in [-0.1, -0.05) is 43.0 Å². The zero-order chi connectivity index (χ0) is 38.9. The van der Waals surface area contributed by atoms with Crippen LogP contribution in [0, 0.1) is 18.7 Å². The maximum absolute atomic E-state index is 17.5. The molecular formula is C40H45F4N5O4S. The Morgan fingerprint density at radius 3 is 2.06 bits per heavy atom. The second-order valence-corrected chi connectivity index (χ2v) is 14.9. The highest BCUT2D eigenvalue weighted by molar-refractivity contribution is 7.98. The first kappa shape index (κ1) is 39.0. The van der Waals surface area contributed by atoms with Crippen molar-refractivity contribution < 1.29 is 36.9 Å². The number of methoxy groups -OCH3 is 2. The Bertz CT molecular complexity index is 1930. The van der Waals surface area contributed by atoms with Gasteiger partial charge in [-0.25, -0.2) is 19.2 Å². The molecule has 1 aliphatic carbocycles. The normalized spacial score (nSPS) is 18.7. The van der Waals surface area contributed by atoms with E-state index in [4.69, 9.17) is 19.4 Å². The van der Waals surface area contributed by atoms with E-state index >= 15 is 17.6 Å². The summed E-state index contributed by atoms with van der Waals surface area (Å²) in [6.07, 6.45) is -3.55. The number of fused-ring (bicyclic) bond motifs is 1. The molecule has 14 heteroatoms. The Morgan fingerprint density at radius 2 is 1.56 bits per heavy atom. The lowest BCUT2D eigenvalue weighted by Crippen LogP contribution is -2.54. The number of amides is 1. The Kier molecular flexibility index (Phi) is 11.5.